The van der Waals surface area contributed by atoms with Crippen molar-refractivity contribution >= 4 is 63.6 Å². The molecule has 0 aliphatic rings. The van der Waals surface area contributed by atoms with Gasteiger partial charge in [-0.25, -0.2) is 4.98 Å². The predicted octanol–water partition coefficient (Wildman–Crippen LogP) is 5.85. The van der Waals surface area contributed by atoms with Gasteiger partial charge in [-0.3, -0.25) is 4.79 Å². The summed E-state index contributed by atoms with van der Waals surface area (Å²) < 4.78 is 0.552. The van der Waals surface area contributed by atoms with E-state index >= 15 is 0 Å². The number of hydrogen-bond donors (Lipinski definition) is 1. The molecule has 0 aliphatic carbocycles. The third-order valence-electron chi connectivity index (χ3n) is 3.06. The Morgan fingerprint density at radius 1 is 1.17 bits per heavy atom. The molecule has 0 aliphatic heterocycles. The van der Waals surface area contributed by atoms with Crippen molar-refractivity contribution in [3.63, 3.8) is 0 Å². The number of thiophene rings is 1. The molecule has 0 fully saturated rings. The molecular weight excluding hydrogens is 375 g/mol. The molecule has 0 amide bonds. The third kappa shape index (κ3) is 3.67. The van der Waals surface area contributed by atoms with Crippen LogP contribution in [0, 0.1) is 0 Å². The van der Waals surface area contributed by atoms with E-state index in [0.717, 1.165) is 0 Å². The van der Waals surface area contributed by atoms with E-state index < -0.39 is 0 Å². The Morgan fingerprint density at radius 3 is 2.61 bits per heavy atom. The van der Waals surface area contributed by atoms with Gasteiger partial charge in [-0.15, -0.1) is 11.3 Å². The Bertz CT molecular complexity index is 885. The van der Waals surface area contributed by atoms with Gasteiger partial charge in [0.25, 0.3) is 0 Å². The second-order valence-corrected chi connectivity index (χ2v) is 7.15. The number of allylic oxidation sites excluding steroid dienone is 1. The highest BCUT2D eigenvalue weighted by molar-refractivity contribution is 7.18. The minimum atomic E-state index is -0.178. The van der Waals surface area contributed by atoms with Gasteiger partial charge in [-0.1, -0.05) is 40.9 Å². The van der Waals surface area contributed by atoms with Crippen LogP contribution in [-0.4, -0.2) is 15.8 Å². The van der Waals surface area contributed by atoms with Crippen LogP contribution in [0.3, 0.4) is 0 Å². The second-order valence-electron chi connectivity index (χ2n) is 4.59. The number of aromatic nitrogens is 2. The first-order valence-corrected chi connectivity index (χ1v) is 8.46. The summed E-state index contributed by atoms with van der Waals surface area (Å²) in [6.45, 7) is 0. The summed E-state index contributed by atoms with van der Waals surface area (Å²) in [5, 5.41) is 0.988. The fourth-order valence-corrected chi connectivity index (χ4v) is 3.46. The van der Waals surface area contributed by atoms with E-state index in [1.165, 1.54) is 11.3 Å². The molecule has 2 heterocycles. The van der Waals surface area contributed by atoms with E-state index in [-0.39, 0.29) is 5.78 Å². The molecule has 3 aromatic rings. The van der Waals surface area contributed by atoms with Crippen LogP contribution in [0.5, 0.6) is 0 Å². The summed E-state index contributed by atoms with van der Waals surface area (Å²) >= 11 is 19.3. The number of hydrogen-bond acceptors (Lipinski definition) is 3. The summed E-state index contributed by atoms with van der Waals surface area (Å²) in [5.41, 5.74) is 1.08. The molecule has 3 rings (SSSR count). The standard InChI is InChI=1S/C16H9Cl3N2OS/c17-10-2-1-9(12(18)8-10)7-11(16-20-5-6-21-16)15(22)13-3-4-14(19)23-13/h1-8H,(H,20,21). The van der Waals surface area contributed by atoms with Crippen molar-refractivity contribution in [2.45, 2.75) is 0 Å². The highest BCUT2D eigenvalue weighted by atomic mass is 35.5. The molecule has 2 aromatic heterocycles. The Hall–Kier alpha value is -1.59. The smallest absolute Gasteiger partial charge is 0.206 e. The van der Waals surface area contributed by atoms with Gasteiger partial charge in [0.15, 0.2) is 0 Å². The van der Waals surface area contributed by atoms with Crippen molar-refractivity contribution in [1.82, 2.24) is 9.97 Å². The molecule has 0 bridgehead atoms. The molecule has 1 aromatic carbocycles. The fraction of sp³-hybridized carbons (Fsp3) is 0. The summed E-state index contributed by atoms with van der Waals surface area (Å²) in [5.74, 6) is 0.286. The summed E-state index contributed by atoms with van der Waals surface area (Å²) in [6.07, 6.45) is 4.93. The van der Waals surface area contributed by atoms with E-state index in [2.05, 4.69) is 9.97 Å². The second kappa shape index (κ2) is 6.89. The number of benzene rings is 1. The lowest BCUT2D eigenvalue weighted by Crippen LogP contribution is -2.02. The van der Waals surface area contributed by atoms with Crippen LogP contribution < -0.4 is 0 Å². The number of carbonyl (C=O) groups is 1. The molecule has 0 radical (unpaired) electrons. The molecule has 23 heavy (non-hydrogen) atoms. The monoisotopic (exact) mass is 382 g/mol. The molecular formula is C16H9Cl3N2OS. The maximum absolute atomic E-state index is 12.8. The van der Waals surface area contributed by atoms with Crippen molar-refractivity contribution < 1.29 is 4.79 Å². The minimum Gasteiger partial charge on any atom is -0.345 e. The maximum atomic E-state index is 12.8. The number of imidazole rings is 1. The normalized spacial score (nSPS) is 11.7. The van der Waals surface area contributed by atoms with Gasteiger partial charge >= 0.3 is 0 Å². The minimum absolute atomic E-state index is 0.178. The zero-order chi connectivity index (χ0) is 16.4. The van der Waals surface area contributed by atoms with Gasteiger partial charge in [0.05, 0.1) is 14.8 Å². The number of H-pyrrole nitrogens is 1. The molecule has 0 spiro atoms. The number of Topliss-reactive ketones (excluding diaryl/α,β-unsaturated/α-hetero) is 1. The SMILES string of the molecule is O=C(C(=Cc1ccc(Cl)cc1Cl)c1ncc[nH]1)c1ccc(Cl)s1. The number of nitrogens with one attached hydrogen (secondary N) is 1. The molecule has 7 heteroatoms. The van der Waals surface area contributed by atoms with E-state index in [9.17, 15) is 4.79 Å². The van der Waals surface area contributed by atoms with E-state index in [1.54, 1.807) is 48.8 Å². The number of halogens is 3. The molecule has 0 unspecified atom stereocenters. The summed E-state index contributed by atoms with van der Waals surface area (Å²) in [7, 11) is 0. The number of carbonyl (C=O) groups excluding carboxylic acids is 1. The van der Waals surface area contributed by atoms with Crippen molar-refractivity contribution in [1.29, 1.82) is 0 Å². The van der Waals surface area contributed by atoms with E-state index in [1.807, 2.05) is 0 Å². The van der Waals surface area contributed by atoms with Crippen LogP contribution in [0.1, 0.15) is 21.1 Å². The Labute approximate surface area is 151 Å². The first kappa shape index (κ1) is 16.3. The molecule has 116 valence electrons. The van der Waals surface area contributed by atoms with Crippen LogP contribution in [0.4, 0.5) is 0 Å². The first-order valence-electron chi connectivity index (χ1n) is 6.51. The van der Waals surface area contributed by atoms with Gasteiger partial charge in [-0.2, -0.15) is 0 Å². The van der Waals surface area contributed by atoms with Gasteiger partial charge in [0.1, 0.15) is 5.82 Å². The molecule has 3 nitrogen and oxygen atoms in total. The number of rotatable bonds is 4. The molecule has 1 N–H and O–H groups in total. The predicted molar refractivity (Wildman–Crippen MR) is 96.6 cm³/mol. The molecule has 0 saturated carbocycles. The summed E-state index contributed by atoms with van der Waals surface area (Å²) in [4.78, 5) is 20.4. The van der Waals surface area contributed by atoms with Crippen molar-refractivity contribution in [2.24, 2.45) is 0 Å². The molecule has 0 atom stereocenters. The number of nitrogens with zero attached hydrogens (tertiary/aromatic N) is 1. The number of ketones is 1. The highest BCUT2D eigenvalue weighted by Gasteiger charge is 2.19. The van der Waals surface area contributed by atoms with Crippen LogP contribution in [0.15, 0.2) is 42.7 Å². The van der Waals surface area contributed by atoms with E-state index in [4.69, 9.17) is 34.8 Å². The zero-order valence-electron chi connectivity index (χ0n) is 11.5. The van der Waals surface area contributed by atoms with Gasteiger partial charge in [0, 0.05) is 22.4 Å². The van der Waals surface area contributed by atoms with Crippen molar-refractivity contribution in [3.8, 4) is 0 Å². The highest BCUT2D eigenvalue weighted by Crippen LogP contribution is 2.29. The third-order valence-corrected chi connectivity index (χ3v) is 4.85. The fourth-order valence-electron chi connectivity index (χ4n) is 2.00. The summed E-state index contributed by atoms with van der Waals surface area (Å²) in [6, 6.07) is 8.47. The maximum Gasteiger partial charge on any atom is 0.206 e. The number of aromatic amines is 1. The lowest BCUT2D eigenvalue weighted by atomic mass is 10.1. The largest absolute Gasteiger partial charge is 0.345 e. The molecule has 0 saturated heterocycles. The topological polar surface area (TPSA) is 45.8 Å². The Balaban J connectivity index is 2.09. The Morgan fingerprint density at radius 2 is 2.00 bits per heavy atom. The van der Waals surface area contributed by atoms with E-state index in [0.29, 0.717) is 36.2 Å². The van der Waals surface area contributed by atoms with Gasteiger partial charge < -0.3 is 4.98 Å². The van der Waals surface area contributed by atoms with Crippen LogP contribution in [0.2, 0.25) is 14.4 Å². The average molecular weight is 384 g/mol. The van der Waals surface area contributed by atoms with Crippen molar-refractivity contribution in [3.05, 3.63) is 73.4 Å². The Kier molecular flexibility index (Phi) is 4.87. The van der Waals surface area contributed by atoms with Gasteiger partial charge in [0.2, 0.25) is 5.78 Å². The van der Waals surface area contributed by atoms with Crippen LogP contribution in [-0.2, 0) is 0 Å². The lowest BCUT2D eigenvalue weighted by Gasteiger charge is -2.05. The van der Waals surface area contributed by atoms with Crippen LogP contribution in [0.25, 0.3) is 11.6 Å². The van der Waals surface area contributed by atoms with Crippen LogP contribution >= 0.6 is 46.1 Å². The lowest BCUT2D eigenvalue weighted by molar-refractivity contribution is 0.106. The van der Waals surface area contributed by atoms with Gasteiger partial charge in [-0.05, 0) is 35.9 Å². The quantitative estimate of drug-likeness (QED) is 0.453. The van der Waals surface area contributed by atoms with Crippen molar-refractivity contribution in [2.75, 3.05) is 0 Å². The average Bonchev–Trinajstić information content (AvgIpc) is 3.17. The zero-order valence-corrected chi connectivity index (χ0v) is 14.6. The first-order chi connectivity index (χ1) is 11.0.